The van der Waals surface area contributed by atoms with E-state index in [1.807, 2.05) is 38.1 Å². The number of benzene rings is 1. The van der Waals surface area contributed by atoms with Gasteiger partial charge < -0.3 is 4.74 Å². The molecule has 0 spiro atoms. The maximum absolute atomic E-state index is 10.9. The predicted molar refractivity (Wildman–Crippen MR) is 62.5 cm³/mol. The average Bonchev–Trinajstić information content (AvgIpc) is 2.77. The summed E-state index contributed by atoms with van der Waals surface area (Å²) in [6.45, 7) is 3.89. The number of hydrogen-bond donors (Lipinski definition) is 0. The molecule has 0 saturated carbocycles. The summed E-state index contributed by atoms with van der Waals surface area (Å²) in [6.07, 6.45) is 2.19. The molecule has 1 aromatic heterocycles. The minimum atomic E-state index is 0.0550. The fraction of sp³-hybridized carbons (Fsp3) is 0.250. The highest BCUT2D eigenvalue weighted by atomic mass is 16.5. The molecule has 1 heterocycles. The number of aldehydes is 1. The number of carbonyl (C=O) groups is 1. The van der Waals surface area contributed by atoms with E-state index in [-0.39, 0.29) is 6.10 Å². The van der Waals surface area contributed by atoms with Crippen LogP contribution in [0.5, 0.6) is 5.75 Å². The van der Waals surface area contributed by atoms with E-state index in [0.29, 0.717) is 23.4 Å². The van der Waals surface area contributed by atoms with Crippen LogP contribution in [0.3, 0.4) is 0 Å². The average molecular weight is 231 g/mol. The first-order valence-corrected chi connectivity index (χ1v) is 5.34. The van der Waals surface area contributed by atoms with Crippen LogP contribution in [0, 0.1) is 0 Å². The molecule has 5 nitrogen and oxygen atoms in total. The molecule has 2 rings (SSSR count). The number of rotatable bonds is 4. The highest BCUT2D eigenvalue weighted by Gasteiger charge is 2.11. The van der Waals surface area contributed by atoms with Crippen LogP contribution in [0.15, 0.2) is 30.5 Å². The molecule has 2 aromatic rings. The van der Waals surface area contributed by atoms with E-state index < -0.39 is 0 Å². The molecule has 0 aliphatic carbocycles. The minimum absolute atomic E-state index is 0.0550. The van der Waals surface area contributed by atoms with Gasteiger partial charge in [0.05, 0.1) is 12.3 Å². The Morgan fingerprint density at radius 3 is 2.82 bits per heavy atom. The van der Waals surface area contributed by atoms with Gasteiger partial charge in [-0.05, 0) is 26.0 Å². The molecular weight excluding hydrogens is 218 g/mol. The van der Waals surface area contributed by atoms with E-state index in [1.54, 1.807) is 0 Å². The van der Waals surface area contributed by atoms with Crippen LogP contribution < -0.4 is 4.74 Å². The van der Waals surface area contributed by atoms with Crippen molar-refractivity contribution in [1.82, 2.24) is 15.0 Å². The van der Waals surface area contributed by atoms with Crippen molar-refractivity contribution in [2.75, 3.05) is 0 Å². The second-order valence-corrected chi connectivity index (χ2v) is 3.82. The number of carbonyl (C=O) groups excluding carboxylic acids is 1. The first-order chi connectivity index (χ1) is 8.22. The molecule has 0 amide bonds. The summed E-state index contributed by atoms with van der Waals surface area (Å²) < 4.78 is 7.13. The lowest BCUT2D eigenvalue weighted by atomic mass is 10.3. The van der Waals surface area contributed by atoms with Crippen molar-refractivity contribution >= 4 is 6.29 Å². The van der Waals surface area contributed by atoms with Gasteiger partial charge in [0, 0.05) is 0 Å². The van der Waals surface area contributed by atoms with Gasteiger partial charge in [-0.3, -0.25) is 4.79 Å². The van der Waals surface area contributed by atoms with Crippen molar-refractivity contribution in [2.45, 2.75) is 20.0 Å². The summed E-state index contributed by atoms with van der Waals surface area (Å²) in [5, 5.41) is 7.60. The zero-order chi connectivity index (χ0) is 12.3. The van der Waals surface area contributed by atoms with Gasteiger partial charge in [0.15, 0.2) is 6.29 Å². The summed E-state index contributed by atoms with van der Waals surface area (Å²) >= 11 is 0. The lowest BCUT2D eigenvalue weighted by Crippen LogP contribution is -2.10. The molecule has 0 saturated heterocycles. The second-order valence-electron chi connectivity index (χ2n) is 3.82. The highest BCUT2D eigenvalue weighted by Crippen LogP contribution is 2.23. The van der Waals surface area contributed by atoms with E-state index in [0.717, 1.165) is 0 Å². The first-order valence-electron chi connectivity index (χ1n) is 5.34. The standard InChI is InChI=1S/C12H13N3O2/c1-9(2)17-12-6-4-3-5-11(12)15-10(8-16)7-13-14-15/h3-9H,1-2H3. The Morgan fingerprint density at radius 2 is 2.12 bits per heavy atom. The minimum Gasteiger partial charge on any atom is -0.489 e. The van der Waals surface area contributed by atoms with Gasteiger partial charge in [-0.25, -0.2) is 4.68 Å². The summed E-state index contributed by atoms with van der Waals surface area (Å²) in [5.41, 5.74) is 1.10. The Labute approximate surface area is 99.0 Å². The van der Waals surface area contributed by atoms with Gasteiger partial charge in [-0.15, -0.1) is 5.10 Å². The SMILES string of the molecule is CC(C)Oc1ccccc1-n1nncc1C=O. The number of ether oxygens (including phenoxy) is 1. The zero-order valence-corrected chi connectivity index (χ0v) is 9.70. The topological polar surface area (TPSA) is 57.0 Å². The fourth-order valence-electron chi connectivity index (χ4n) is 1.50. The van der Waals surface area contributed by atoms with E-state index in [4.69, 9.17) is 4.74 Å². The van der Waals surface area contributed by atoms with Crippen molar-refractivity contribution in [3.05, 3.63) is 36.2 Å². The number of nitrogens with zero attached hydrogens (tertiary/aromatic N) is 3. The molecule has 0 fully saturated rings. The van der Waals surface area contributed by atoms with Crippen molar-refractivity contribution < 1.29 is 9.53 Å². The van der Waals surface area contributed by atoms with Crippen LogP contribution in [-0.2, 0) is 0 Å². The smallest absolute Gasteiger partial charge is 0.170 e. The molecule has 88 valence electrons. The van der Waals surface area contributed by atoms with Crippen molar-refractivity contribution in [2.24, 2.45) is 0 Å². The molecule has 5 heteroatoms. The van der Waals surface area contributed by atoms with Gasteiger partial charge in [0.1, 0.15) is 17.1 Å². The van der Waals surface area contributed by atoms with Crippen LogP contribution >= 0.6 is 0 Å². The number of para-hydroxylation sites is 2. The van der Waals surface area contributed by atoms with Crippen LogP contribution in [0.4, 0.5) is 0 Å². The molecule has 0 N–H and O–H groups in total. The Morgan fingerprint density at radius 1 is 1.35 bits per heavy atom. The third-order valence-corrected chi connectivity index (χ3v) is 2.15. The van der Waals surface area contributed by atoms with Crippen LogP contribution in [0.25, 0.3) is 5.69 Å². The van der Waals surface area contributed by atoms with Gasteiger partial charge in [-0.2, -0.15) is 0 Å². The normalized spacial score (nSPS) is 10.5. The zero-order valence-electron chi connectivity index (χ0n) is 9.70. The van der Waals surface area contributed by atoms with E-state index in [2.05, 4.69) is 10.3 Å². The van der Waals surface area contributed by atoms with Crippen molar-refractivity contribution in [3.8, 4) is 11.4 Å². The molecule has 0 atom stereocenters. The summed E-state index contributed by atoms with van der Waals surface area (Å²) in [6, 6.07) is 7.41. The molecule has 0 radical (unpaired) electrons. The largest absolute Gasteiger partial charge is 0.489 e. The molecule has 0 bridgehead atoms. The number of aromatic nitrogens is 3. The highest BCUT2D eigenvalue weighted by molar-refractivity contribution is 5.73. The second kappa shape index (κ2) is 4.78. The lowest BCUT2D eigenvalue weighted by molar-refractivity contribution is 0.111. The Bertz CT molecular complexity index is 520. The Balaban J connectivity index is 2.48. The third kappa shape index (κ3) is 2.33. The van der Waals surface area contributed by atoms with Gasteiger partial charge in [0.2, 0.25) is 0 Å². The molecule has 17 heavy (non-hydrogen) atoms. The maximum atomic E-state index is 10.9. The van der Waals surface area contributed by atoms with Crippen LogP contribution in [-0.4, -0.2) is 27.4 Å². The van der Waals surface area contributed by atoms with Crippen LogP contribution in [0.1, 0.15) is 24.3 Å². The lowest BCUT2D eigenvalue weighted by Gasteiger charge is -2.13. The van der Waals surface area contributed by atoms with E-state index in [9.17, 15) is 4.79 Å². The van der Waals surface area contributed by atoms with E-state index in [1.165, 1.54) is 10.9 Å². The monoisotopic (exact) mass is 231 g/mol. The Kier molecular flexibility index (Phi) is 3.18. The van der Waals surface area contributed by atoms with Crippen LogP contribution in [0.2, 0.25) is 0 Å². The molecule has 1 aromatic carbocycles. The Hall–Kier alpha value is -2.17. The summed E-state index contributed by atoms with van der Waals surface area (Å²) in [4.78, 5) is 10.9. The molecule has 0 aliphatic rings. The summed E-state index contributed by atoms with van der Waals surface area (Å²) in [7, 11) is 0. The number of hydrogen-bond acceptors (Lipinski definition) is 4. The maximum Gasteiger partial charge on any atom is 0.170 e. The summed E-state index contributed by atoms with van der Waals surface area (Å²) in [5.74, 6) is 0.677. The van der Waals surface area contributed by atoms with Gasteiger partial charge in [-0.1, -0.05) is 17.3 Å². The fourth-order valence-corrected chi connectivity index (χ4v) is 1.50. The first kappa shape index (κ1) is 11.3. The van der Waals surface area contributed by atoms with Crippen molar-refractivity contribution in [1.29, 1.82) is 0 Å². The molecular formula is C12H13N3O2. The quantitative estimate of drug-likeness (QED) is 0.754. The predicted octanol–water partition coefficient (Wildman–Crippen LogP) is 1.87. The molecule has 0 aliphatic heterocycles. The van der Waals surface area contributed by atoms with E-state index >= 15 is 0 Å². The van der Waals surface area contributed by atoms with Gasteiger partial charge in [0.25, 0.3) is 0 Å². The van der Waals surface area contributed by atoms with Gasteiger partial charge >= 0.3 is 0 Å². The van der Waals surface area contributed by atoms with Crippen molar-refractivity contribution in [3.63, 3.8) is 0 Å². The molecule has 0 unspecified atom stereocenters. The third-order valence-electron chi connectivity index (χ3n) is 2.15.